The summed E-state index contributed by atoms with van der Waals surface area (Å²) in [6.45, 7) is 0. The van der Waals surface area contributed by atoms with E-state index in [0.29, 0.717) is 28.6 Å². The molecule has 1 aliphatic heterocycles. The number of hydrogen-bond acceptors (Lipinski definition) is 7. The molecule has 0 radical (unpaired) electrons. The molecule has 9 heteroatoms. The number of hydrogen-bond donors (Lipinski definition) is 1. The Morgan fingerprint density at radius 3 is 2.69 bits per heavy atom. The van der Waals surface area contributed by atoms with Gasteiger partial charge in [0.25, 0.3) is 5.91 Å². The third-order valence-corrected chi connectivity index (χ3v) is 6.26. The monoisotopic (exact) mass is 449 g/mol. The lowest BCUT2D eigenvalue weighted by Crippen LogP contribution is -2.44. The Bertz CT molecular complexity index is 951. The van der Waals surface area contributed by atoms with Crippen LogP contribution in [0.2, 0.25) is 0 Å². The maximum absolute atomic E-state index is 12.8. The van der Waals surface area contributed by atoms with Gasteiger partial charge in [0.2, 0.25) is 0 Å². The number of carboxylic acid groups (broad SMARTS) is 1. The molecule has 0 bridgehead atoms. The summed E-state index contributed by atoms with van der Waals surface area (Å²) in [4.78, 5) is 26.0. The van der Waals surface area contributed by atoms with Crippen LogP contribution in [0.4, 0.5) is 0 Å². The highest BCUT2D eigenvalue weighted by molar-refractivity contribution is 8.26. The highest BCUT2D eigenvalue weighted by atomic mass is 32.2. The number of benzene rings is 1. The van der Waals surface area contributed by atoms with Crippen molar-refractivity contribution in [3.8, 4) is 17.1 Å². The first-order valence-corrected chi connectivity index (χ1v) is 11.3. The van der Waals surface area contributed by atoms with Crippen molar-refractivity contribution in [1.29, 1.82) is 0 Å². The Labute approximate surface area is 182 Å². The number of aliphatic carboxylic acids is 1. The van der Waals surface area contributed by atoms with Crippen LogP contribution >= 0.6 is 35.7 Å². The van der Waals surface area contributed by atoms with Crippen LogP contribution in [-0.2, 0) is 9.59 Å². The molecule has 1 unspecified atom stereocenters. The van der Waals surface area contributed by atoms with E-state index >= 15 is 0 Å². The van der Waals surface area contributed by atoms with Gasteiger partial charge < -0.3 is 14.3 Å². The lowest BCUT2D eigenvalue weighted by molar-refractivity contribution is -0.145. The number of carbonyl (C=O) groups excluding carboxylic acids is 1. The van der Waals surface area contributed by atoms with Crippen molar-refractivity contribution >= 4 is 58.0 Å². The molecule has 1 aromatic carbocycles. The summed E-state index contributed by atoms with van der Waals surface area (Å²) >= 11 is 7.89. The van der Waals surface area contributed by atoms with E-state index < -0.39 is 17.9 Å². The molecule has 1 N–H and O–H groups in total. The molecule has 1 saturated heterocycles. The van der Waals surface area contributed by atoms with E-state index in [9.17, 15) is 14.7 Å². The minimum atomic E-state index is -1.06. The van der Waals surface area contributed by atoms with Crippen LogP contribution in [0, 0.1) is 0 Å². The highest BCUT2D eigenvalue weighted by Gasteiger charge is 2.40. The van der Waals surface area contributed by atoms with E-state index in [4.69, 9.17) is 21.4 Å². The van der Waals surface area contributed by atoms with Crippen LogP contribution in [0.5, 0.6) is 5.75 Å². The number of amides is 1. The number of carbonyl (C=O) groups is 2. The van der Waals surface area contributed by atoms with Crippen molar-refractivity contribution in [1.82, 2.24) is 4.90 Å². The summed E-state index contributed by atoms with van der Waals surface area (Å²) in [6.07, 6.45) is 3.82. The zero-order valence-electron chi connectivity index (χ0n) is 15.8. The zero-order valence-corrected chi connectivity index (χ0v) is 18.2. The van der Waals surface area contributed by atoms with Gasteiger partial charge >= 0.3 is 5.97 Å². The van der Waals surface area contributed by atoms with Gasteiger partial charge in [-0.05, 0) is 54.8 Å². The number of thiocarbonyl (C=S) groups is 1. The van der Waals surface area contributed by atoms with Crippen molar-refractivity contribution < 1.29 is 23.8 Å². The summed E-state index contributed by atoms with van der Waals surface area (Å²) in [6, 6.07) is 10.0. The second kappa shape index (κ2) is 9.51. The van der Waals surface area contributed by atoms with Gasteiger partial charge in [0, 0.05) is 11.6 Å². The predicted molar refractivity (Wildman–Crippen MR) is 120 cm³/mol. The number of ether oxygens (including phenoxy) is 1. The van der Waals surface area contributed by atoms with Crippen molar-refractivity contribution in [3.63, 3.8) is 0 Å². The Morgan fingerprint density at radius 2 is 2.07 bits per heavy atom. The average molecular weight is 450 g/mol. The highest BCUT2D eigenvalue weighted by Crippen LogP contribution is 2.35. The second-order valence-electron chi connectivity index (χ2n) is 6.12. The van der Waals surface area contributed by atoms with Gasteiger partial charge in [-0.1, -0.05) is 24.0 Å². The smallest absolute Gasteiger partial charge is 0.326 e. The van der Waals surface area contributed by atoms with Crippen molar-refractivity contribution in [2.24, 2.45) is 0 Å². The molecule has 1 fully saturated rings. The molecule has 6 nitrogen and oxygen atoms in total. The van der Waals surface area contributed by atoms with Gasteiger partial charge in [0.1, 0.15) is 27.6 Å². The molecule has 0 saturated carbocycles. The molecule has 0 aliphatic carbocycles. The fourth-order valence-electron chi connectivity index (χ4n) is 2.81. The van der Waals surface area contributed by atoms with Crippen LogP contribution in [0.15, 0.2) is 45.7 Å². The van der Waals surface area contributed by atoms with Crippen LogP contribution < -0.4 is 4.74 Å². The average Bonchev–Trinajstić information content (AvgIpc) is 3.28. The van der Waals surface area contributed by atoms with Crippen LogP contribution in [-0.4, -0.2) is 51.4 Å². The van der Waals surface area contributed by atoms with E-state index in [-0.39, 0.29) is 4.32 Å². The Balaban J connectivity index is 1.80. The minimum Gasteiger partial charge on any atom is -0.497 e. The Kier molecular flexibility index (Phi) is 7.05. The van der Waals surface area contributed by atoms with Crippen molar-refractivity contribution in [3.05, 3.63) is 47.1 Å². The fraction of sp³-hybridized carbons (Fsp3) is 0.250. The summed E-state index contributed by atoms with van der Waals surface area (Å²) in [5.41, 5.74) is 0.876. The third kappa shape index (κ3) is 4.85. The van der Waals surface area contributed by atoms with Gasteiger partial charge in [-0.25, -0.2) is 4.79 Å². The number of carboxylic acids is 1. The zero-order chi connectivity index (χ0) is 21.0. The number of nitrogens with zero attached hydrogens (tertiary/aromatic N) is 1. The first-order valence-electron chi connectivity index (χ1n) is 8.67. The summed E-state index contributed by atoms with van der Waals surface area (Å²) < 4.78 is 11.2. The van der Waals surface area contributed by atoms with Gasteiger partial charge in [-0.2, -0.15) is 11.8 Å². The molecule has 0 spiro atoms. The number of methoxy groups -OCH3 is 1. The summed E-state index contributed by atoms with van der Waals surface area (Å²) in [7, 11) is 1.60. The topological polar surface area (TPSA) is 80.0 Å². The first-order chi connectivity index (χ1) is 13.9. The molecule has 152 valence electrons. The van der Waals surface area contributed by atoms with Crippen LogP contribution in [0.3, 0.4) is 0 Å². The molecule has 29 heavy (non-hydrogen) atoms. The Hall–Kier alpha value is -2.23. The number of furan rings is 1. The maximum Gasteiger partial charge on any atom is 0.326 e. The van der Waals surface area contributed by atoms with E-state index in [2.05, 4.69) is 0 Å². The quantitative estimate of drug-likeness (QED) is 0.470. The molecule has 2 heterocycles. The predicted octanol–water partition coefficient (Wildman–Crippen LogP) is 4.36. The lowest BCUT2D eigenvalue weighted by atomic mass is 10.2. The van der Waals surface area contributed by atoms with E-state index in [1.54, 1.807) is 19.3 Å². The van der Waals surface area contributed by atoms with Crippen LogP contribution in [0.1, 0.15) is 12.2 Å². The lowest BCUT2D eigenvalue weighted by Gasteiger charge is -2.22. The third-order valence-electron chi connectivity index (χ3n) is 4.29. The molecular weight excluding hydrogens is 430 g/mol. The molecule has 1 aromatic heterocycles. The fourth-order valence-corrected chi connectivity index (χ4v) is 4.61. The minimum absolute atomic E-state index is 0.247. The van der Waals surface area contributed by atoms with Gasteiger partial charge in [0.15, 0.2) is 0 Å². The van der Waals surface area contributed by atoms with Gasteiger partial charge in [-0.3, -0.25) is 9.69 Å². The normalized spacial score (nSPS) is 16.5. The number of thioether (sulfide) groups is 2. The molecule has 1 amide bonds. The Morgan fingerprint density at radius 1 is 1.34 bits per heavy atom. The summed E-state index contributed by atoms with van der Waals surface area (Å²) in [5.74, 6) is 1.05. The molecule has 3 rings (SSSR count). The van der Waals surface area contributed by atoms with Gasteiger partial charge in [0.05, 0.1) is 12.0 Å². The molecular formula is C20H19NO5S3. The van der Waals surface area contributed by atoms with E-state index in [1.165, 1.54) is 16.7 Å². The molecule has 1 aliphatic rings. The molecule has 2 aromatic rings. The first kappa shape index (κ1) is 21.5. The van der Waals surface area contributed by atoms with Crippen LogP contribution in [0.25, 0.3) is 17.4 Å². The number of rotatable bonds is 8. The molecule has 1 atom stereocenters. The van der Waals surface area contributed by atoms with Crippen molar-refractivity contribution in [2.75, 3.05) is 19.1 Å². The van der Waals surface area contributed by atoms with E-state index in [1.807, 2.05) is 36.6 Å². The van der Waals surface area contributed by atoms with Gasteiger partial charge in [-0.15, -0.1) is 0 Å². The SMILES string of the molecule is COc1ccc(-c2ccc(/C=C3/SC(=S)N(C(CCSC)C(=O)O)C3=O)o2)cc1. The second-order valence-corrected chi connectivity index (χ2v) is 8.78. The van der Waals surface area contributed by atoms with E-state index in [0.717, 1.165) is 23.1 Å². The van der Waals surface area contributed by atoms with Crippen molar-refractivity contribution in [2.45, 2.75) is 12.5 Å². The summed E-state index contributed by atoms with van der Waals surface area (Å²) in [5, 5.41) is 9.52. The maximum atomic E-state index is 12.8. The standard InChI is InChI=1S/C20H19NO5S3/c1-25-13-5-3-12(4-6-13)16-8-7-14(26-16)11-17-18(22)21(20(27)29-17)15(19(23)24)9-10-28-2/h3-8,11,15H,9-10H2,1-2H3,(H,23,24)/b17-11+. The largest absolute Gasteiger partial charge is 0.497 e.